The summed E-state index contributed by atoms with van der Waals surface area (Å²) < 4.78 is 5.01. The molecule has 0 heterocycles. The van der Waals surface area contributed by atoms with Crippen LogP contribution in [0.1, 0.15) is 34.1 Å². The van der Waals surface area contributed by atoms with E-state index >= 15 is 0 Å². The normalized spacial score (nSPS) is 13.1. The van der Waals surface area contributed by atoms with E-state index in [4.69, 9.17) is 4.74 Å². The predicted octanol–water partition coefficient (Wildman–Crippen LogP) is 1.33. The van der Waals surface area contributed by atoms with Crippen molar-refractivity contribution in [2.45, 2.75) is 46.3 Å². The van der Waals surface area contributed by atoms with Crippen LogP contribution in [0.2, 0.25) is 0 Å². The lowest BCUT2D eigenvalue weighted by atomic mass is 10.3. The van der Waals surface area contributed by atoms with Crippen LogP contribution in [-0.2, 0) is 9.53 Å². The second-order valence-corrected chi connectivity index (χ2v) is 3.16. The minimum Gasteiger partial charge on any atom is -0.462 e. The fourth-order valence-electron chi connectivity index (χ4n) is 0.779. The molecule has 0 aliphatic rings. The van der Waals surface area contributed by atoms with Crippen molar-refractivity contribution in [2.24, 2.45) is 0 Å². The highest BCUT2D eigenvalue weighted by molar-refractivity contribution is 5.75. The molecule has 12 heavy (non-hydrogen) atoms. The van der Waals surface area contributed by atoms with Crippen LogP contribution >= 0.6 is 0 Å². The topological polar surface area (TPSA) is 38.3 Å². The SMILES string of the molecule is CCCN[C@@H](C)C(=O)OC(C)C. The first-order valence-electron chi connectivity index (χ1n) is 4.51. The molecule has 0 aromatic heterocycles. The predicted molar refractivity (Wildman–Crippen MR) is 49.0 cm³/mol. The fraction of sp³-hybridized carbons (Fsp3) is 0.889. The van der Waals surface area contributed by atoms with Crippen molar-refractivity contribution in [1.29, 1.82) is 0 Å². The molecule has 3 nitrogen and oxygen atoms in total. The Bertz CT molecular complexity index is 134. The van der Waals surface area contributed by atoms with Crippen LogP contribution in [0.25, 0.3) is 0 Å². The van der Waals surface area contributed by atoms with E-state index < -0.39 is 0 Å². The maximum atomic E-state index is 11.2. The summed E-state index contributed by atoms with van der Waals surface area (Å²) in [5.74, 6) is -0.168. The number of carbonyl (C=O) groups is 1. The highest BCUT2D eigenvalue weighted by Gasteiger charge is 2.13. The number of rotatable bonds is 5. The minimum atomic E-state index is -0.188. The highest BCUT2D eigenvalue weighted by atomic mass is 16.5. The molecular weight excluding hydrogens is 154 g/mol. The molecule has 3 heteroatoms. The third-order valence-electron chi connectivity index (χ3n) is 1.41. The van der Waals surface area contributed by atoms with Gasteiger partial charge in [-0.25, -0.2) is 0 Å². The molecule has 0 rings (SSSR count). The van der Waals surface area contributed by atoms with Gasteiger partial charge in [-0.3, -0.25) is 4.79 Å². The smallest absolute Gasteiger partial charge is 0.323 e. The Hall–Kier alpha value is -0.570. The Labute approximate surface area is 74.5 Å². The van der Waals surface area contributed by atoms with E-state index in [1.807, 2.05) is 20.8 Å². The van der Waals surface area contributed by atoms with Crippen molar-refractivity contribution in [3.05, 3.63) is 0 Å². The lowest BCUT2D eigenvalue weighted by molar-refractivity contribution is -0.149. The molecular formula is C9H19NO2. The van der Waals surface area contributed by atoms with Crippen LogP contribution in [0.4, 0.5) is 0 Å². The van der Waals surface area contributed by atoms with Crippen LogP contribution in [0.15, 0.2) is 0 Å². The average Bonchev–Trinajstić information content (AvgIpc) is 1.98. The van der Waals surface area contributed by atoms with Gasteiger partial charge in [0.25, 0.3) is 0 Å². The number of esters is 1. The second-order valence-electron chi connectivity index (χ2n) is 3.16. The number of carbonyl (C=O) groups excluding carboxylic acids is 1. The maximum Gasteiger partial charge on any atom is 0.323 e. The van der Waals surface area contributed by atoms with Gasteiger partial charge in [0.1, 0.15) is 6.04 Å². The third-order valence-corrected chi connectivity index (χ3v) is 1.41. The fourth-order valence-corrected chi connectivity index (χ4v) is 0.779. The van der Waals surface area contributed by atoms with Crippen LogP contribution in [0.3, 0.4) is 0 Å². The van der Waals surface area contributed by atoms with Gasteiger partial charge in [-0.1, -0.05) is 6.92 Å². The average molecular weight is 173 g/mol. The molecule has 0 aliphatic heterocycles. The van der Waals surface area contributed by atoms with Gasteiger partial charge in [-0.05, 0) is 33.7 Å². The molecule has 0 radical (unpaired) electrons. The number of ether oxygens (including phenoxy) is 1. The second kappa shape index (κ2) is 6.00. The summed E-state index contributed by atoms with van der Waals surface area (Å²) in [6.45, 7) is 8.44. The lowest BCUT2D eigenvalue weighted by Crippen LogP contribution is -2.36. The molecule has 0 fully saturated rings. The monoisotopic (exact) mass is 173 g/mol. The van der Waals surface area contributed by atoms with Gasteiger partial charge in [-0.15, -0.1) is 0 Å². The van der Waals surface area contributed by atoms with Gasteiger partial charge in [-0.2, -0.15) is 0 Å². The maximum absolute atomic E-state index is 11.2. The molecule has 0 aliphatic carbocycles. The highest BCUT2D eigenvalue weighted by Crippen LogP contribution is 1.93. The lowest BCUT2D eigenvalue weighted by Gasteiger charge is -2.14. The quantitative estimate of drug-likeness (QED) is 0.637. The zero-order chi connectivity index (χ0) is 9.56. The van der Waals surface area contributed by atoms with E-state index in [0.717, 1.165) is 13.0 Å². The van der Waals surface area contributed by atoms with Crippen molar-refractivity contribution < 1.29 is 9.53 Å². The van der Waals surface area contributed by atoms with Crippen molar-refractivity contribution in [2.75, 3.05) is 6.54 Å². The van der Waals surface area contributed by atoms with Crippen molar-refractivity contribution in [1.82, 2.24) is 5.32 Å². The number of nitrogens with one attached hydrogen (secondary N) is 1. The molecule has 1 atom stereocenters. The first-order valence-corrected chi connectivity index (χ1v) is 4.51. The van der Waals surface area contributed by atoms with Crippen molar-refractivity contribution in [3.63, 3.8) is 0 Å². The summed E-state index contributed by atoms with van der Waals surface area (Å²) in [7, 11) is 0. The summed E-state index contributed by atoms with van der Waals surface area (Å²) in [4.78, 5) is 11.2. The largest absolute Gasteiger partial charge is 0.462 e. The van der Waals surface area contributed by atoms with E-state index in [0.29, 0.717) is 0 Å². The van der Waals surface area contributed by atoms with Gasteiger partial charge in [0.2, 0.25) is 0 Å². The summed E-state index contributed by atoms with van der Waals surface area (Å²) in [5, 5.41) is 3.06. The zero-order valence-corrected chi connectivity index (χ0v) is 8.39. The Kier molecular flexibility index (Phi) is 5.72. The van der Waals surface area contributed by atoms with Crippen LogP contribution in [0.5, 0.6) is 0 Å². The summed E-state index contributed by atoms with van der Waals surface area (Å²) >= 11 is 0. The Morgan fingerprint density at radius 3 is 2.42 bits per heavy atom. The van der Waals surface area contributed by atoms with Gasteiger partial charge in [0.05, 0.1) is 6.10 Å². The zero-order valence-electron chi connectivity index (χ0n) is 8.39. The van der Waals surface area contributed by atoms with Gasteiger partial charge >= 0.3 is 5.97 Å². The molecule has 0 spiro atoms. The van der Waals surface area contributed by atoms with E-state index in [1.54, 1.807) is 0 Å². The van der Waals surface area contributed by atoms with E-state index in [2.05, 4.69) is 12.2 Å². The summed E-state index contributed by atoms with van der Waals surface area (Å²) in [6, 6.07) is -0.188. The minimum absolute atomic E-state index is 0.0247. The van der Waals surface area contributed by atoms with Crippen LogP contribution in [0, 0.1) is 0 Å². The molecule has 1 N–H and O–H groups in total. The van der Waals surface area contributed by atoms with Gasteiger partial charge < -0.3 is 10.1 Å². The standard InChI is InChI=1S/C9H19NO2/c1-5-6-10-8(4)9(11)12-7(2)3/h7-8,10H,5-6H2,1-4H3/t8-/m0/s1. The van der Waals surface area contributed by atoms with E-state index in [-0.39, 0.29) is 18.1 Å². The van der Waals surface area contributed by atoms with E-state index in [1.165, 1.54) is 0 Å². The number of hydrogen-bond acceptors (Lipinski definition) is 3. The Morgan fingerprint density at radius 1 is 1.42 bits per heavy atom. The van der Waals surface area contributed by atoms with Crippen LogP contribution in [-0.4, -0.2) is 24.7 Å². The summed E-state index contributed by atoms with van der Waals surface area (Å²) in [5.41, 5.74) is 0. The Morgan fingerprint density at radius 2 is 2.00 bits per heavy atom. The molecule has 0 aromatic carbocycles. The molecule has 0 saturated heterocycles. The van der Waals surface area contributed by atoms with E-state index in [9.17, 15) is 4.79 Å². The molecule has 72 valence electrons. The summed E-state index contributed by atoms with van der Waals surface area (Å²) in [6.07, 6.45) is 1.00. The van der Waals surface area contributed by atoms with Crippen molar-refractivity contribution >= 4 is 5.97 Å². The molecule has 0 bridgehead atoms. The van der Waals surface area contributed by atoms with Crippen molar-refractivity contribution in [3.8, 4) is 0 Å². The first kappa shape index (κ1) is 11.4. The van der Waals surface area contributed by atoms with Gasteiger partial charge in [0.15, 0.2) is 0 Å². The molecule has 0 saturated carbocycles. The van der Waals surface area contributed by atoms with Crippen LogP contribution < -0.4 is 5.32 Å². The third kappa shape index (κ3) is 5.13. The van der Waals surface area contributed by atoms with Gasteiger partial charge in [0, 0.05) is 0 Å². The molecule has 0 unspecified atom stereocenters. The Balaban J connectivity index is 3.61. The number of hydrogen-bond donors (Lipinski definition) is 1. The molecule has 0 amide bonds. The first-order chi connectivity index (χ1) is 5.57. The molecule has 0 aromatic rings.